The van der Waals surface area contributed by atoms with Crippen LogP contribution in [0.2, 0.25) is 0 Å². The van der Waals surface area contributed by atoms with Gasteiger partial charge in [0.25, 0.3) is 16.0 Å². The molecular formula is C37H33N3O9S. The maximum Gasteiger partial charge on any atom is 0.352 e. The van der Waals surface area contributed by atoms with Crippen molar-refractivity contribution in [1.29, 1.82) is 0 Å². The van der Waals surface area contributed by atoms with Crippen LogP contribution in [-0.2, 0) is 33.9 Å². The number of fused-ring (bicyclic) bond motifs is 4. The molecule has 3 heterocycles. The lowest BCUT2D eigenvalue weighted by Gasteiger charge is -2.34. The number of hydrogen-bond acceptors (Lipinski definition) is 8. The number of methoxy groups -OCH3 is 1. The predicted molar refractivity (Wildman–Crippen MR) is 187 cm³/mol. The van der Waals surface area contributed by atoms with Crippen molar-refractivity contribution >= 4 is 49.5 Å². The van der Waals surface area contributed by atoms with E-state index in [-0.39, 0.29) is 31.0 Å². The number of nitrogens with zero attached hydrogens (tertiary/aromatic N) is 1. The van der Waals surface area contributed by atoms with E-state index in [2.05, 4.69) is 9.97 Å². The van der Waals surface area contributed by atoms with E-state index in [1.807, 2.05) is 60.7 Å². The standard InChI is InChI=1S/C37H33N3O9S/c1-46-32-17-28-24(14-33(32)47-20-22-9-5-3-6-10-22)13-29(38-28)36(41)40-19-25(49-50(2,44)45)15-26-27-16-30(37(42)43)39-35(27)34(18-31(26)40)48-21-23-11-7-4-8-12-23/h3-14,16-18,25,38-39H,15,19-21H2,1-2H3,(H,42,43)/t25-/m0/s1. The van der Waals surface area contributed by atoms with Crippen molar-refractivity contribution in [1.82, 2.24) is 9.97 Å². The van der Waals surface area contributed by atoms with Gasteiger partial charge in [0.2, 0.25) is 0 Å². The van der Waals surface area contributed by atoms with Gasteiger partial charge >= 0.3 is 5.97 Å². The molecule has 7 rings (SSSR count). The van der Waals surface area contributed by atoms with E-state index in [9.17, 15) is 23.1 Å². The Morgan fingerprint density at radius 2 is 1.50 bits per heavy atom. The van der Waals surface area contributed by atoms with Crippen LogP contribution in [0.1, 0.15) is 37.7 Å². The van der Waals surface area contributed by atoms with Crippen molar-refractivity contribution in [3.8, 4) is 17.2 Å². The molecule has 256 valence electrons. The minimum Gasteiger partial charge on any atom is -0.493 e. The normalized spacial score (nSPS) is 14.4. The Kier molecular flexibility index (Phi) is 8.68. The summed E-state index contributed by atoms with van der Waals surface area (Å²) in [5.41, 5.74) is 4.02. The molecule has 0 radical (unpaired) electrons. The number of carboxylic acids is 1. The number of carboxylic acid groups (broad SMARTS) is 1. The molecule has 13 heteroatoms. The first-order valence-electron chi connectivity index (χ1n) is 15.7. The zero-order chi connectivity index (χ0) is 35.0. The summed E-state index contributed by atoms with van der Waals surface area (Å²) in [5, 5.41) is 11.0. The fourth-order valence-electron chi connectivity index (χ4n) is 6.23. The van der Waals surface area contributed by atoms with Gasteiger partial charge in [0, 0.05) is 34.8 Å². The third-order valence-electron chi connectivity index (χ3n) is 8.47. The molecule has 1 aliphatic rings. The summed E-state index contributed by atoms with van der Waals surface area (Å²) >= 11 is 0. The third kappa shape index (κ3) is 6.73. The van der Waals surface area contributed by atoms with E-state index in [0.717, 1.165) is 17.4 Å². The fraction of sp³-hybridized carbons (Fsp3) is 0.189. The van der Waals surface area contributed by atoms with Gasteiger partial charge in [-0.05, 0) is 34.9 Å². The van der Waals surface area contributed by atoms with Crippen molar-refractivity contribution in [2.45, 2.75) is 25.7 Å². The number of anilines is 1. The van der Waals surface area contributed by atoms with Crippen molar-refractivity contribution in [2.75, 3.05) is 24.8 Å². The molecule has 2 aromatic heterocycles. The Hall–Kier alpha value is -5.79. The summed E-state index contributed by atoms with van der Waals surface area (Å²) in [7, 11) is -2.37. The van der Waals surface area contributed by atoms with Gasteiger partial charge in [-0.2, -0.15) is 8.42 Å². The summed E-state index contributed by atoms with van der Waals surface area (Å²) in [4.78, 5) is 34.0. The lowest BCUT2D eigenvalue weighted by atomic mass is 9.95. The number of aromatic carboxylic acids is 1. The number of ether oxygens (including phenoxy) is 3. The summed E-state index contributed by atoms with van der Waals surface area (Å²) in [5.74, 6) is -0.342. The molecule has 0 bridgehead atoms. The quantitative estimate of drug-likeness (QED) is 0.137. The van der Waals surface area contributed by atoms with E-state index >= 15 is 0 Å². The minimum atomic E-state index is -3.91. The van der Waals surface area contributed by atoms with Crippen LogP contribution in [0.25, 0.3) is 21.8 Å². The number of aromatic nitrogens is 2. The Labute approximate surface area is 287 Å². The molecule has 0 fully saturated rings. The average molecular weight is 696 g/mol. The van der Waals surface area contributed by atoms with Gasteiger partial charge in [-0.3, -0.25) is 8.98 Å². The highest BCUT2D eigenvalue weighted by molar-refractivity contribution is 7.86. The Bertz CT molecular complexity index is 2330. The molecule has 12 nitrogen and oxygen atoms in total. The molecule has 1 amide bonds. The smallest absolute Gasteiger partial charge is 0.352 e. The van der Waals surface area contributed by atoms with E-state index in [1.54, 1.807) is 24.3 Å². The Balaban J connectivity index is 1.29. The van der Waals surface area contributed by atoms with E-state index in [4.69, 9.17) is 18.4 Å². The number of carbonyl (C=O) groups is 2. The number of H-pyrrole nitrogens is 2. The number of aromatic amines is 2. The molecule has 0 spiro atoms. The van der Waals surface area contributed by atoms with Crippen molar-refractivity contribution < 1.29 is 41.5 Å². The molecule has 0 unspecified atom stereocenters. The molecule has 3 N–H and O–H groups in total. The van der Waals surface area contributed by atoms with Gasteiger partial charge in [-0.1, -0.05) is 60.7 Å². The molecule has 0 aliphatic carbocycles. The first-order valence-corrected chi connectivity index (χ1v) is 17.5. The largest absolute Gasteiger partial charge is 0.493 e. The van der Waals surface area contributed by atoms with Crippen LogP contribution in [0.4, 0.5) is 5.69 Å². The maximum atomic E-state index is 14.4. The Morgan fingerprint density at radius 1 is 0.840 bits per heavy atom. The zero-order valence-corrected chi connectivity index (χ0v) is 28.0. The first kappa shape index (κ1) is 32.7. The number of carbonyl (C=O) groups excluding carboxylic acids is 1. The van der Waals surface area contributed by atoms with Crippen molar-refractivity contribution in [2.24, 2.45) is 0 Å². The monoisotopic (exact) mass is 695 g/mol. The number of hydrogen-bond donors (Lipinski definition) is 3. The lowest BCUT2D eigenvalue weighted by Crippen LogP contribution is -2.44. The van der Waals surface area contributed by atoms with Gasteiger partial charge in [-0.15, -0.1) is 0 Å². The van der Waals surface area contributed by atoms with Gasteiger partial charge in [0.1, 0.15) is 30.4 Å². The van der Waals surface area contributed by atoms with Crippen LogP contribution in [0.3, 0.4) is 0 Å². The first-order chi connectivity index (χ1) is 24.1. The predicted octanol–water partition coefficient (Wildman–Crippen LogP) is 6.06. The maximum absolute atomic E-state index is 14.4. The van der Waals surface area contributed by atoms with Crippen LogP contribution in [0.15, 0.2) is 91.0 Å². The van der Waals surface area contributed by atoms with Crippen LogP contribution in [0, 0.1) is 0 Å². The summed E-state index contributed by atoms with van der Waals surface area (Å²) in [6.07, 6.45) is 0.114. The SMILES string of the molecule is COc1cc2[nH]c(C(=O)N3C[C@@H](OS(C)(=O)=O)Cc4c3cc(OCc3ccccc3)c3[nH]c(C(=O)O)cc43)cc2cc1OCc1ccccc1. The Morgan fingerprint density at radius 3 is 2.12 bits per heavy atom. The number of rotatable bonds is 11. The highest BCUT2D eigenvalue weighted by Gasteiger charge is 2.35. The molecular weight excluding hydrogens is 662 g/mol. The molecule has 50 heavy (non-hydrogen) atoms. The second kappa shape index (κ2) is 13.3. The van der Waals surface area contributed by atoms with Gasteiger partial charge in [0.05, 0.1) is 37.2 Å². The van der Waals surface area contributed by atoms with Crippen molar-refractivity contribution in [3.05, 3.63) is 119 Å². The van der Waals surface area contributed by atoms with Crippen LogP contribution < -0.4 is 19.1 Å². The van der Waals surface area contributed by atoms with E-state index < -0.39 is 28.1 Å². The second-order valence-corrected chi connectivity index (χ2v) is 13.6. The highest BCUT2D eigenvalue weighted by atomic mass is 32.2. The average Bonchev–Trinajstić information content (AvgIpc) is 3.74. The van der Waals surface area contributed by atoms with E-state index in [0.29, 0.717) is 56.9 Å². The number of benzene rings is 4. The summed E-state index contributed by atoms with van der Waals surface area (Å²) in [6, 6.07) is 27.5. The molecule has 6 aromatic rings. The topological polar surface area (TPSA) is 160 Å². The highest BCUT2D eigenvalue weighted by Crippen LogP contribution is 2.42. The zero-order valence-electron chi connectivity index (χ0n) is 27.1. The summed E-state index contributed by atoms with van der Waals surface area (Å²) < 4.78 is 47.9. The second-order valence-electron chi connectivity index (χ2n) is 12.0. The van der Waals surface area contributed by atoms with Crippen LogP contribution in [-0.4, -0.2) is 61.4 Å². The number of amides is 1. The molecule has 1 aliphatic heterocycles. The summed E-state index contributed by atoms with van der Waals surface area (Å²) in [6.45, 7) is 0.405. The minimum absolute atomic E-state index is 0.0863. The van der Waals surface area contributed by atoms with Gasteiger partial charge < -0.3 is 34.2 Å². The molecule has 0 saturated heterocycles. The van der Waals surface area contributed by atoms with Crippen molar-refractivity contribution in [3.63, 3.8) is 0 Å². The molecule has 4 aromatic carbocycles. The fourth-order valence-corrected chi connectivity index (χ4v) is 6.86. The van der Waals surface area contributed by atoms with Gasteiger partial charge in [-0.25, -0.2) is 4.79 Å². The number of nitrogens with one attached hydrogen (secondary N) is 2. The van der Waals surface area contributed by atoms with E-state index in [1.165, 1.54) is 18.1 Å². The lowest BCUT2D eigenvalue weighted by molar-refractivity contribution is 0.0691. The van der Waals surface area contributed by atoms with Crippen LogP contribution in [0.5, 0.6) is 17.2 Å². The van der Waals surface area contributed by atoms with Gasteiger partial charge in [0.15, 0.2) is 11.5 Å². The van der Waals surface area contributed by atoms with Crippen LogP contribution >= 0.6 is 0 Å². The molecule has 1 atom stereocenters. The third-order valence-corrected chi connectivity index (χ3v) is 9.09. The molecule has 0 saturated carbocycles.